The van der Waals surface area contributed by atoms with Crippen LogP contribution in [0.15, 0.2) is 53.1 Å². The minimum atomic E-state index is -3.14. The SMILES string of the molecule is CCOC(=O)c1coc(-n2nc(-c3ccccc3Cl)c3ccc(C(=O)CC4(C)CCS(=O)(=O)C4)cc32)n1. The Balaban J connectivity index is 1.60. The van der Waals surface area contributed by atoms with E-state index in [4.69, 9.17) is 20.8 Å². The van der Waals surface area contributed by atoms with Crippen LogP contribution in [0.5, 0.6) is 0 Å². The second kappa shape index (κ2) is 9.42. The smallest absolute Gasteiger partial charge is 0.360 e. The van der Waals surface area contributed by atoms with E-state index in [2.05, 4.69) is 10.1 Å². The maximum absolute atomic E-state index is 13.3. The zero-order chi connectivity index (χ0) is 26.4. The molecule has 0 saturated carbocycles. The third-order valence-corrected chi connectivity index (χ3v) is 8.75. The van der Waals surface area contributed by atoms with Gasteiger partial charge in [0.15, 0.2) is 21.3 Å². The van der Waals surface area contributed by atoms with Gasteiger partial charge in [-0.25, -0.2) is 13.2 Å². The Morgan fingerprint density at radius 1 is 1.22 bits per heavy atom. The molecule has 1 aliphatic rings. The zero-order valence-electron chi connectivity index (χ0n) is 20.2. The highest BCUT2D eigenvalue weighted by atomic mass is 35.5. The lowest BCUT2D eigenvalue weighted by Crippen LogP contribution is -2.22. The third kappa shape index (κ3) is 4.91. The number of aromatic nitrogens is 3. The van der Waals surface area contributed by atoms with E-state index in [9.17, 15) is 18.0 Å². The number of sulfone groups is 1. The van der Waals surface area contributed by atoms with E-state index < -0.39 is 21.2 Å². The number of rotatable bonds is 7. The summed E-state index contributed by atoms with van der Waals surface area (Å²) in [5.41, 5.74) is 1.52. The van der Waals surface area contributed by atoms with Crippen molar-refractivity contribution in [3.63, 3.8) is 0 Å². The maximum Gasteiger partial charge on any atom is 0.360 e. The molecule has 0 N–H and O–H groups in total. The minimum absolute atomic E-state index is 0.00444. The molecule has 192 valence electrons. The highest BCUT2D eigenvalue weighted by molar-refractivity contribution is 7.91. The standard InChI is InChI=1S/C26H24ClN3O6S/c1-3-35-24(32)20-14-36-25(28-20)30-21-12-16(22(31)13-26(2)10-11-37(33,34)15-26)8-9-18(21)23(29-30)17-6-4-5-7-19(17)27/h4-9,12,14H,3,10-11,13,15H2,1-2H3. The van der Waals surface area contributed by atoms with Crippen molar-refractivity contribution in [3.8, 4) is 17.3 Å². The number of halogens is 1. The molecule has 2 aromatic carbocycles. The molecule has 1 atom stereocenters. The lowest BCUT2D eigenvalue weighted by molar-refractivity contribution is 0.0519. The second-order valence-electron chi connectivity index (χ2n) is 9.46. The molecule has 5 rings (SSSR count). The van der Waals surface area contributed by atoms with Crippen LogP contribution >= 0.6 is 11.6 Å². The quantitative estimate of drug-likeness (QED) is 0.239. The van der Waals surface area contributed by atoms with E-state index in [-0.39, 0.29) is 42.0 Å². The van der Waals surface area contributed by atoms with Gasteiger partial charge in [-0.2, -0.15) is 14.8 Å². The molecule has 1 aliphatic heterocycles. The number of ketones is 1. The van der Waals surface area contributed by atoms with E-state index in [1.165, 1.54) is 10.9 Å². The van der Waals surface area contributed by atoms with Crippen LogP contribution in [0.4, 0.5) is 0 Å². The summed E-state index contributed by atoms with van der Waals surface area (Å²) in [5, 5.41) is 5.86. The Bertz CT molecular complexity index is 1640. The lowest BCUT2D eigenvalue weighted by Gasteiger charge is -2.20. The van der Waals surface area contributed by atoms with Crippen LogP contribution in [0, 0.1) is 5.41 Å². The molecule has 37 heavy (non-hydrogen) atoms. The monoisotopic (exact) mass is 541 g/mol. The van der Waals surface area contributed by atoms with Gasteiger partial charge in [-0.1, -0.05) is 42.8 Å². The predicted molar refractivity (Wildman–Crippen MR) is 138 cm³/mol. The molecule has 11 heteroatoms. The average Bonchev–Trinajstić information content (AvgIpc) is 3.54. The van der Waals surface area contributed by atoms with Crippen LogP contribution in [-0.4, -0.2) is 53.0 Å². The molecule has 0 aliphatic carbocycles. The Hall–Kier alpha value is -3.50. The summed E-state index contributed by atoms with van der Waals surface area (Å²) in [5.74, 6) is -0.712. The third-order valence-electron chi connectivity index (χ3n) is 6.46. The van der Waals surface area contributed by atoms with Crippen molar-refractivity contribution in [1.29, 1.82) is 0 Å². The first-order valence-corrected chi connectivity index (χ1v) is 13.9. The lowest BCUT2D eigenvalue weighted by atomic mass is 9.83. The number of benzene rings is 2. The number of hydrogen-bond acceptors (Lipinski definition) is 8. The summed E-state index contributed by atoms with van der Waals surface area (Å²) < 4.78 is 36.0. The van der Waals surface area contributed by atoms with Crippen LogP contribution < -0.4 is 0 Å². The summed E-state index contributed by atoms with van der Waals surface area (Å²) in [6.07, 6.45) is 1.74. The number of fused-ring (bicyclic) bond motifs is 1. The highest BCUT2D eigenvalue weighted by Gasteiger charge is 2.40. The van der Waals surface area contributed by atoms with Crippen molar-refractivity contribution in [2.24, 2.45) is 5.41 Å². The van der Waals surface area contributed by atoms with Crippen LogP contribution in [0.25, 0.3) is 28.2 Å². The number of nitrogens with zero attached hydrogens (tertiary/aromatic N) is 3. The maximum atomic E-state index is 13.3. The first kappa shape index (κ1) is 25.2. The number of esters is 1. The Kier molecular flexibility index (Phi) is 6.41. The van der Waals surface area contributed by atoms with Gasteiger partial charge in [0.05, 0.1) is 28.7 Å². The molecule has 1 saturated heterocycles. The van der Waals surface area contributed by atoms with Crippen molar-refractivity contribution in [2.45, 2.75) is 26.7 Å². The Labute approximate surface area is 218 Å². The molecule has 4 aromatic rings. The fraction of sp³-hybridized carbons (Fsp3) is 0.308. The average molecular weight is 542 g/mol. The molecule has 0 bridgehead atoms. The molecular formula is C26H24ClN3O6S. The Morgan fingerprint density at radius 2 is 2.00 bits per heavy atom. The highest BCUT2D eigenvalue weighted by Crippen LogP contribution is 2.38. The Morgan fingerprint density at radius 3 is 2.70 bits per heavy atom. The van der Waals surface area contributed by atoms with Gasteiger partial charge in [-0.05, 0) is 37.0 Å². The first-order valence-electron chi connectivity index (χ1n) is 11.7. The zero-order valence-corrected chi connectivity index (χ0v) is 21.8. The summed E-state index contributed by atoms with van der Waals surface area (Å²) >= 11 is 6.46. The van der Waals surface area contributed by atoms with Crippen molar-refractivity contribution in [2.75, 3.05) is 18.1 Å². The number of oxazole rings is 1. The largest absolute Gasteiger partial charge is 0.461 e. The number of Topliss-reactive ketones (excluding diaryl/α,β-unsaturated/α-hetero) is 1. The number of carbonyl (C=O) groups is 2. The minimum Gasteiger partial charge on any atom is -0.461 e. The van der Waals surface area contributed by atoms with Gasteiger partial charge in [-0.15, -0.1) is 0 Å². The fourth-order valence-electron chi connectivity index (χ4n) is 4.65. The van der Waals surface area contributed by atoms with Gasteiger partial charge in [0.2, 0.25) is 0 Å². The van der Waals surface area contributed by atoms with Gasteiger partial charge >= 0.3 is 12.0 Å². The van der Waals surface area contributed by atoms with Crippen LogP contribution in [0.2, 0.25) is 5.02 Å². The van der Waals surface area contributed by atoms with E-state index in [0.717, 1.165) is 0 Å². The van der Waals surface area contributed by atoms with Crippen LogP contribution in [0.1, 0.15) is 47.5 Å². The fourth-order valence-corrected chi connectivity index (χ4v) is 7.13. The first-order chi connectivity index (χ1) is 17.6. The van der Waals surface area contributed by atoms with Gasteiger partial charge < -0.3 is 9.15 Å². The second-order valence-corrected chi connectivity index (χ2v) is 12.1. The van der Waals surface area contributed by atoms with Gasteiger partial charge in [0.25, 0.3) is 0 Å². The van der Waals surface area contributed by atoms with E-state index in [0.29, 0.717) is 39.2 Å². The molecule has 0 radical (unpaired) electrons. The van der Waals surface area contributed by atoms with Crippen LogP contribution in [-0.2, 0) is 14.6 Å². The van der Waals surface area contributed by atoms with Gasteiger partial charge in [-0.3, -0.25) is 4.79 Å². The van der Waals surface area contributed by atoms with Crippen molar-refractivity contribution < 1.29 is 27.2 Å². The molecule has 9 nitrogen and oxygen atoms in total. The summed E-state index contributed by atoms with van der Waals surface area (Å²) in [6.45, 7) is 3.71. The van der Waals surface area contributed by atoms with E-state index >= 15 is 0 Å². The van der Waals surface area contributed by atoms with Crippen molar-refractivity contribution in [3.05, 3.63) is 65.0 Å². The van der Waals surface area contributed by atoms with Crippen molar-refractivity contribution >= 4 is 44.1 Å². The molecule has 0 amide bonds. The molecular weight excluding hydrogens is 518 g/mol. The molecule has 0 spiro atoms. The molecule has 1 unspecified atom stereocenters. The normalized spacial score (nSPS) is 18.8. The van der Waals surface area contributed by atoms with E-state index in [1.54, 1.807) is 31.2 Å². The van der Waals surface area contributed by atoms with Crippen molar-refractivity contribution in [1.82, 2.24) is 14.8 Å². The van der Waals surface area contributed by atoms with Gasteiger partial charge in [0.1, 0.15) is 12.0 Å². The van der Waals surface area contributed by atoms with Gasteiger partial charge in [0, 0.05) is 22.9 Å². The molecule has 2 aromatic heterocycles. The van der Waals surface area contributed by atoms with Crippen LogP contribution in [0.3, 0.4) is 0 Å². The number of hydrogen-bond donors (Lipinski definition) is 0. The topological polar surface area (TPSA) is 121 Å². The summed E-state index contributed by atoms with van der Waals surface area (Å²) in [7, 11) is -3.14. The predicted octanol–water partition coefficient (Wildman–Crippen LogP) is 4.91. The summed E-state index contributed by atoms with van der Waals surface area (Å²) in [6, 6.07) is 12.4. The number of carbonyl (C=O) groups excluding carboxylic acids is 2. The number of ether oxygens (including phenoxy) is 1. The summed E-state index contributed by atoms with van der Waals surface area (Å²) in [4.78, 5) is 29.6. The molecule has 1 fully saturated rings. The molecule has 3 heterocycles. The van der Waals surface area contributed by atoms with E-state index in [1.807, 2.05) is 25.1 Å².